The van der Waals surface area contributed by atoms with Gasteiger partial charge in [0.1, 0.15) is 6.04 Å². The van der Waals surface area contributed by atoms with E-state index in [1.165, 1.54) is 0 Å². The highest BCUT2D eigenvalue weighted by Gasteiger charge is 2.43. The van der Waals surface area contributed by atoms with Crippen molar-refractivity contribution in [2.24, 2.45) is 5.92 Å². The van der Waals surface area contributed by atoms with Crippen molar-refractivity contribution in [1.29, 1.82) is 0 Å². The SMILES string of the molecule is CNC(=O)C1CNCCN1C1CCC(C(F)(F)F)CC1. The number of carbonyl (C=O) groups is 1. The van der Waals surface area contributed by atoms with Gasteiger partial charge in [-0.05, 0) is 25.7 Å². The minimum Gasteiger partial charge on any atom is -0.358 e. The Bertz CT molecular complexity index is 340. The molecule has 0 aromatic heterocycles. The average molecular weight is 293 g/mol. The summed E-state index contributed by atoms with van der Waals surface area (Å²) in [6.45, 7) is 2.07. The van der Waals surface area contributed by atoms with Gasteiger partial charge in [0.2, 0.25) is 5.91 Å². The maximum Gasteiger partial charge on any atom is 0.391 e. The van der Waals surface area contributed by atoms with Gasteiger partial charge < -0.3 is 10.6 Å². The standard InChI is InChI=1S/C13H22F3N3O/c1-17-12(20)11-8-18-6-7-19(11)10-4-2-9(3-5-10)13(14,15)16/h9-11,18H,2-8H2,1H3,(H,17,20). The van der Waals surface area contributed by atoms with E-state index in [1.54, 1.807) is 7.05 Å². The number of likely N-dealkylation sites (N-methyl/N-ethyl adjacent to an activating group) is 1. The first kappa shape index (κ1) is 15.6. The van der Waals surface area contributed by atoms with E-state index in [2.05, 4.69) is 15.5 Å². The Labute approximate surface area is 117 Å². The lowest BCUT2D eigenvalue weighted by Crippen LogP contribution is -2.60. The van der Waals surface area contributed by atoms with E-state index < -0.39 is 12.1 Å². The van der Waals surface area contributed by atoms with Gasteiger partial charge in [-0.25, -0.2) is 0 Å². The fraction of sp³-hybridized carbons (Fsp3) is 0.923. The molecule has 116 valence electrons. The molecule has 2 aliphatic rings. The lowest BCUT2D eigenvalue weighted by Gasteiger charge is -2.43. The Balaban J connectivity index is 1.95. The summed E-state index contributed by atoms with van der Waals surface area (Å²) in [4.78, 5) is 14.0. The molecule has 20 heavy (non-hydrogen) atoms. The zero-order valence-corrected chi connectivity index (χ0v) is 11.7. The third-order valence-corrected chi connectivity index (χ3v) is 4.46. The lowest BCUT2D eigenvalue weighted by molar-refractivity contribution is -0.185. The Morgan fingerprint density at radius 2 is 1.90 bits per heavy atom. The van der Waals surface area contributed by atoms with Gasteiger partial charge >= 0.3 is 6.18 Å². The van der Waals surface area contributed by atoms with Gasteiger partial charge in [-0.2, -0.15) is 13.2 Å². The predicted octanol–water partition coefficient (Wildman–Crippen LogP) is 1.13. The first-order valence-corrected chi connectivity index (χ1v) is 7.18. The van der Waals surface area contributed by atoms with Crippen molar-refractivity contribution in [3.8, 4) is 0 Å². The Kier molecular flexibility index (Phi) is 4.90. The topological polar surface area (TPSA) is 44.4 Å². The fourth-order valence-corrected chi connectivity index (χ4v) is 3.30. The molecule has 1 heterocycles. The number of hydrogen-bond donors (Lipinski definition) is 2. The van der Waals surface area contributed by atoms with Crippen molar-refractivity contribution < 1.29 is 18.0 Å². The van der Waals surface area contributed by atoms with Crippen LogP contribution in [-0.2, 0) is 4.79 Å². The summed E-state index contributed by atoms with van der Waals surface area (Å²) >= 11 is 0. The molecule has 0 spiro atoms. The van der Waals surface area contributed by atoms with Crippen molar-refractivity contribution in [3.63, 3.8) is 0 Å². The number of piperazine rings is 1. The van der Waals surface area contributed by atoms with Crippen molar-refractivity contribution in [2.45, 2.75) is 43.9 Å². The minimum atomic E-state index is -4.07. The van der Waals surface area contributed by atoms with Gasteiger partial charge in [-0.3, -0.25) is 9.69 Å². The first-order chi connectivity index (χ1) is 9.43. The summed E-state index contributed by atoms with van der Waals surface area (Å²) in [5.41, 5.74) is 0. The smallest absolute Gasteiger partial charge is 0.358 e. The highest BCUT2D eigenvalue weighted by Crippen LogP contribution is 2.39. The summed E-state index contributed by atoms with van der Waals surface area (Å²) in [5.74, 6) is -1.23. The fourth-order valence-electron chi connectivity index (χ4n) is 3.30. The normalized spacial score (nSPS) is 32.9. The van der Waals surface area contributed by atoms with E-state index in [4.69, 9.17) is 0 Å². The summed E-state index contributed by atoms with van der Waals surface area (Å²) < 4.78 is 38.0. The molecule has 1 atom stereocenters. The molecule has 1 aliphatic heterocycles. The van der Waals surface area contributed by atoms with E-state index in [0.717, 1.165) is 13.1 Å². The van der Waals surface area contributed by atoms with Crippen LogP contribution in [-0.4, -0.2) is 55.7 Å². The van der Waals surface area contributed by atoms with Crippen LogP contribution in [0.2, 0.25) is 0 Å². The number of amides is 1. The zero-order chi connectivity index (χ0) is 14.8. The van der Waals surface area contributed by atoms with Crippen LogP contribution in [0.5, 0.6) is 0 Å². The molecule has 0 aromatic carbocycles. The Hall–Kier alpha value is -0.820. The molecule has 0 aromatic rings. The molecule has 0 radical (unpaired) electrons. The number of nitrogens with zero attached hydrogens (tertiary/aromatic N) is 1. The number of rotatable bonds is 2. The molecule has 1 saturated carbocycles. The average Bonchev–Trinajstić information content (AvgIpc) is 2.45. The number of nitrogens with one attached hydrogen (secondary N) is 2. The van der Waals surface area contributed by atoms with Crippen molar-refractivity contribution >= 4 is 5.91 Å². The maximum absolute atomic E-state index is 12.7. The highest BCUT2D eigenvalue weighted by atomic mass is 19.4. The third kappa shape index (κ3) is 3.44. The van der Waals surface area contributed by atoms with E-state index in [9.17, 15) is 18.0 Å². The van der Waals surface area contributed by atoms with Crippen molar-refractivity contribution in [2.75, 3.05) is 26.7 Å². The van der Waals surface area contributed by atoms with Crippen LogP contribution in [0.15, 0.2) is 0 Å². The van der Waals surface area contributed by atoms with Crippen LogP contribution in [0.3, 0.4) is 0 Å². The maximum atomic E-state index is 12.7. The number of halogens is 3. The Morgan fingerprint density at radius 1 is 1.25 bits per heavy atom. The molecule has 1 amide bonds. The zero-order valence-electron chi connectivity index (χ0n) is 11.7. The van der Waals surface area contributed by atoms with E-state index in [1.807, 2.05) is 0 Å². The van der Waals surface area contributed by atoms with Gasteiger partial charge in [-0.1, -0.05) is 0 Å². The van der Waals surface area contributed by atoms with Crippen LogP contribution in [0.4, 0.5) is 13.2 Å². The minimum absolute atomic E-state index is 0.0601. The first-order valence-electron chi connectivity index (χ1n) is 7.18. The number of alkyl halides is 3. The van der Waals surface area contributed by atoms with E-state index >= 15 is 0 Å². The molecule has 2 fully saturated rings. The van der Waals surface area contributed by atoms with Gasteiger partial charge in [-0.15, -0.1) is 0 Å². The second-order valence-corrected chi connectivity index (χ2v) is 5.62. The molecule has 4 nitrogen and oxygen atoms in total. The van der Waals surface area contributed by atoms with Gasteiger partial charge in [0.05, 0.1) is 5.92 Å². The van der Waals surface area contributed by atoms with Crippen LogP contribution in [0.25, 0.3) is 0 Å². The molecular formula is C13H22F3N3O. The van der Waals surface area contributed by atoms with Gasteiger partial charge in [0.15, 0.2) is 0 Å². The third-order valence-electron chi connectivity index (χ3n) is 4.46. The molecule has 2 rings (SSSR count). The summed E-state index contributed by atoms with van der Waals surface area (Å²) in [7, 11) is 1.59. The lowest BCUT2D eigenvalue weighted by atomic mass is 9.84. The number of hydrogen-bond acceptors (Lipinski definition) is 3. The number of carbonyl (C=O) groups excluding carboxylic acids is 1. The van der Waals surface area contributed by atoms with Crippen molar-refractivity contribution in [1.82, 2.24) is 15.5 Å². The summed E-state index contributed by atoms with van der Waals surface area (Å²) in [6, 6.07) is -0.167. The molecule has 0 bridgehead atoms. The van der Waals surface area contributed by atoms with E-state index in [0.29, 0.717) is 19.4 Å². The molecule has 1 aliphatic carbocycles. The van der Waals surface area contributed by atoms with E-state index in [-0.39, 0.29) is 30.8 Å². The molecule has 1 unspecified atom stereocenters. The molecule has 1 saturated heterocycles. The predicted molar refractivity (Wildman–Crippen MR) is 69.2 cm³/mol. The van der Waals surface area contributed by atoms with Crippen LogP contribution in [0.1, 0.15) is 25.7 Å². The van der Waals surface area contributed by atoms with Crippen LogP contribution >= 0.6 is 0 Å². The second kappa shape index (κ2) is 6.30. The summed E-state index contributed by atoms with van der Waals surface area (Å²) in [6.07, 6.45) is -2.67. The van der Waals surface area contributed by atoms with Crippen molar-refractivity contribution in [3.05, 3.63) is 0 Å². The monoisotopic (exact) mass is 293 g/mol. The highest BCUT2D eigenvalue weighted by molar-refractivity contribution is 5.81. The molecule has 2 N–H and O–H groups in total. The Morgan fingerprint density at radius 3 is 2.45 bits per heavy atom. The molecule has 7 heteroatoms. The summed E-state index contributed by atoms with van der Waals surface area (Å²) in [5, 5.41) is 5.81. The molecular weight excluding hydrogens is 271 g/mol. The van der Waals surface area contributed by atoms with Crippen LogP contribution in [0, 0.1) is 5.92 Å². The largest absolute Gasteiger partial charge is 0.391 e. The van der Waals surface area contributed by atoms with Gasteiger partial charge in [0.25, 0.3) is 0 Å². The van der Waals surface area contributed by atoms with Gasteiger partial charge in [0, 0.05) is 32.7 Å². The van der Waals surface area contributed by atoms with Crippen LogP contribution < -0.4 is 10.6 Å². The second-order valence-electron chi connectivity index (χ2n) is 5.62. The quantitative estimate of drug-likeness (QED) is 0.802.